The van der Waals surface area contributed by atoms with Gasteiger partial charge in [0.1, 0.15) is 5.82 Å². The summed E-state index contributed by atoms with van der Waals surface area (Å²) in [6, 6.07) is 5.51. The summed E-state index contributed by atoms with van der Waals surface area (Å²) in [6.45, 7) is 3.64. The van der Waals surface area contributed by atoms with Gasteiger partial charge >= 0.3 is 0 Å². The van der Waals surface area contributed by atoms with Gasteiger partial charge in [0, 0.05) is 18.8 Å². The zero-order valence-electron chi connectivity index (χ0n) is 13.8. The first kappa shape index (κ1) is 17.4. The molecular weight excluding hydrogens is 297 g/mol. The molecule has 1 aromatic rings. The number of benzene rings is 1. The fraction of sp³-hybridized carbons (Fsp3) is 0.529. The van der Waals surface area contributed by atoms with Crippen LogP contribution in [-0.2, 0) is 9.59 Å². The molecule has 1 aliphatic rings. The highest BCUT2D eigenvalue weighted by Gasteiger charge is 2.29. The van der Waals surface area contributed by atoms with Gasteiger partial charge in [-0.3, -0.25) is 9.59 Å². The number of nitrogens with zero attached hydrogens (tertiary/aromatic N) is 1. The van der Waals surface area contributed by atoms with Crippen molar-refractivity contribution in [1.29, 1.82) is 0 Å². The number of amides is 2. The summed E-state index contributed by atoms with van der Waals surface area (Å²) in [5.41, 5.74) is 0.429. The molecule has 0 bridgehead atoms. The van der Waals surface area contributed by atoms with Gasteiger partial charge in [-0.15, -0.1) is 0 Å². The molecule has 2 rings (SSSR count). The van der Waals surface area contributed by atoms with Crippen LogP contribution < -0.4 is 10.2 Å². The number of nitrogens with one attached hydrogen (secondary N) is 2. The summed E-state index contributed by atoms with van der Waals surface area (Å²) in [6.07, 6.45) is 3.28. The SMILES string of the molecule is C[C@H](C(=O)N1CCCCC1)[NH+](C)CC(=O)Nc1cccc(F)c1. The lowest BCUT2D eigenvalue weighted by Crippen LogP contribution is -3.15. The Labute approximate surface area is 136 Å². The number of carbonyl (C=O) groups is 2. The van der Waals surface area contributed by atoms with Gasteiger partial charge in [0.2, 0.25) is 0 Å². The second-order valence-electron chi connectivity index (χ2n) is 6.19. The smallest absolute Gasteiger partial charge is 0.280 e. The van der Waals surface area contributed by atoms with Crippen LogP contribution in [0.3, 0.4) is 0 Å². The summed E-state index contributed by atoms with van der Waals surface area (Å²) >= 11 is 0. The molecule has 0 aromatic heterocycles. The zero-order chi connectivity index (χ0) is 16.8. The Kier molecular flexibility index (Phi) is 6.10. The molecule has 2 amide bonds. The third-order valence-electron chi connectivity index (χ3n) is 4.33. The summed E-state index contributed by atoms with van der Waals surface area (Å²) in [5, 5.41) is 2.66. The summed E-state index contributed by atoms with van der Waals surface area (Å²) in [5.74, 6) is -0.524. The monoisotopic (exact) mass is 322 g/mol. The van der Waals surface area contributed by atoms with Gasteiger partial charge in [-0.1, -0.05) is 6.07 Å². The maximum atomic E-state index is 13.1. The topological polar surface area (TPSA) is 53.9 Å². The second-order valence-corrected chi connectivity index (χ2v) is 6.19. The van der Waals surface area contributed by atoms with Gasteiger partial charge < -0.3 is 15.1 Å². The van der Waals surface area contributed by atoms with Crippen LogP contribution in [0.15, 0.2) is 24.3 Å². The van der Waals surface area contributed by atoms with Gasteiger partial charge in [0.15, 0.2) is 12.6 Å². The minimum absolute atomic E-state index is 0.0979. The molecule has 5 nitrogen and oxygen atoms in total. The van der Waals surface area contributed by atoms with Crippen LogP contribution in [0.5, 0.6) is 0 Å². The van der Waals surface area contributed by atoms with E-state index in [9.17, 15) is 14.0 Å². The van der Waals surface area contributed by atoms with E-state index in [0.29, 0.717) is 5.69 Å². The van der Waals surface area contributed by atoms with Crippen molar-refractivity contribution in [2.24, 2.45) is 0 Å². The van der Waals surface area contributed by atoms with Gasteiger partial charge in [-0.2, -0.15) is 0 Å². The highest BCUT2D eigenvalue weighted by Crippen LogP contribution is 2.10. The Morgan fingerprint density at radius 3 is 2.65 bits per heavy atom. The average Bonchev–Trinajstić information content (AvgIpc) is 2.54. The third kappa shape index (κ3) is 5.03. The maximum absolute atomic E-state index is 13.1. The number of likely N-dealkylation sites (N-methyl/N-ethyl adjacent to an activating group) is 1. The van der Waals surface area contributed by atoms with Gasteiger partial charge in [-0.25, -0.2) is 4.39 Å². The maximum Gasteiger partial charge on any atom is 0.280 e. The van der Waals surface area contributed by atoms with E-state index in [2.05, 4.69) is 5.32 Å². The molecule has 1 fully saturated rings. The van der Waals surface area contributed by atoms with E-state index in [-0.39, 0.29) is 24.4 Å². The lowest BCUT2D eigenvalue weighted by Gasteiger charge is -2.30. The first-order valence-electron chi connectivity index (χ1n) is 8.14. The van der Waals surface area contributed by atoms with Crippen molar-refractivity contribution in [3.63, 3.8) is 0 Å². The third-order valence-corrected chi connectivity index (χ3v) is 4.33. The van der Waals surface area contributed by atoms with Crippen LogP contribution in [0, 0.1) is 5.82 Å². The number of rotatable bonds is 5. The molecule has 126 valence electrons. The van der Waals surface area contributed by atoms with E-state index in [0.717, 1.165) is 30.8 Å². The highest BCUT2D eigenvalue weighted by atomic mass is 19.1. The van der Waals surface area contributed by atoms with Crippen LogP contribution >= 0.6 is 0 Å². The average molecular weight is 322 g/mol. The Morgan fingerprint density at radius 2 is 2.00 bits per heavy atom. The molecular formula is C17H25FN3O2+. The van der Waals surface area contributed by atoms with Gasteiger partial charge in [0.25, 0.3) is 11.8 Å². The van der Waals surface area contributed by atoms with Gasteiger partial charge in [-0.05, 0) is 44.4 Å². The Hall–Kier alpha value is -1.95. The lowest BCUT2D eigenvalue weighted by atomic mass is 10.1. The van der Waals surface area contributed by atoms with E-state index >= 15 is 0 Å². The molecule has 1 aliphatic heterocycles. The fourth-order valence-corrected chi connectivity index (χ4v) is 2.78. The van der Waals surface area contributed by atoms with E-state index in [1.54, 1.807) is 12.1 Å². The minimum atomic E-state index is -0.392. The normalized spacial score (nSPS) is 17.4. The molecule has 6 heteroatoms. The number of carbonyl (C=O) groups excluding carboxylic acids is 2. The predicted molar refractivity (Wildman–Crippen MR) is 86.7 cm³/mol. The number of likely N-dealkylation sites (tertiary alicyclic amines) is 1. The molecule has 0 saturated carbocycles. The van der Waals surface area contributed by atoms with E-state index in [1.165, 1.54) is 18.6 Å². The summed E-state index contributed by atoms with van der Waals surface area (Å²) < 4.78 is 13.1. The van der Waals surface area contributed by atoms with Crippen LogP contribution in [0.25, 0.3) is 0 Å². The zero-order valence-corrected chi connectivity index (χ0v) is 13.8. The number of quaternary nitrogens is 1. The molecule has 0 spiro atoms. The van der Waals surface area contributed by atoms with E-state index in [4.69, 9.17) is 0 Å². The highest BCUT2D eigenvalue weighted by molar-refractivity contribution is 5.91. The van der Waals surface area contributed by atoms with Crippen molar-refractivity contribution in [3.05, 3.63) is 30.1 Å². The molecule has 2 N–H and O–H groups in total. The predicted octanol–water partition coefficient (Wildman–Crippen LogP) is 0.680. The Morgan fingerprint density at radius 1 is 1.30 bits per heavy atom. The molecule has 0 aliphatic carbocycles. The van der Waals surface area contributed by atoms with E-state index < -0.39 is 5.82 Å². The molecule has 2 atom stereocenters. The first-order valence-corrected chi connectivity index (χ1v) is 8.14. The number of hydrogen-bond donors (Lipinski definition) is 2. The quantitative estimate of drug-likeness (QED) is 0.838. The number of hydrogen-bond acceptors (Lipinski definition) is 2. The molecule has 0 radical (unpaired) electrons. The fourth-order valence-electron chi connectivity index (χ4n) is 2.78. The van der Waals surface area contributed by atoms with Crippen molar-refractivity contribution >= 4 is 17.5 Å². The Bertz CT molecular complexity index is 559. The second kappa shape index (κ2) is 8.06. The van der Waals surface area contributed by atoms with Gasteiger partial charge in [0.05, 0.1) is 7.05 Å². The molecule has 1 heterocycles. The lowest BCUT2D eigenvalue weighted by molar-refractivity contribution is -0.886. The Balaban J connectivity index is 1.85. The number of halogens is 1. The van der Waals surface area contributed by atoms with Crippen LogP contribution in [0.4, 0.5) is 10.1 Å². The van der Waals surface area contributed by atoms with Crippen molar-refractivity contribution < 1.29 is 18.9 Å². The summed E-state index contributed by atoms with van der Waals surface area (Å²) in [7, 11) is 1.83. The standard InChI is InChI=1S/C17H24FN3O2/c1-13(17(23)21-9-4-3-5-10-21)20(2)12-16(22)19-15-8-6-7-14(18)11-15/h6-8,11,13H,3-5,9-10,12H2,1-2H3,(H,19,22)/p+1/t13-/m1/s1. The molecule has 1 aromatic carbocycles. The van der Waals surface area contributed by atoms with Crippen molar-refractivity contribution in [3.8, 4) is 0 Å². The van der Waals surface area contributed by atoms with Crippen LogP contribution in [0.1, 0.15) is 26.2 Å². The van der Waals surface area contributed by atoms with Crippen molar-refractivity contribution in [2.45, 2.75) is 32.2 Å². The van der Waals surface area contributed by atoms with Crippen LogP contribution in [-0.4, -0.2) is 49.4 Å². The van der Waals surface area contributed by atoms with Crippen LogP contribution in [0.2, 0.25) is 0 Å². The molecule has 23 heavy (non-hydrogen) atoms. The molecule has 1 unspecified atom stereocenters. The largest absolute Gasteiger partial charge is 0.338 e. The first-order chi connectivity index (χ1) is 11.0. The molecule has 1 saturated heterocycles. The van der Waals surface area contributed by atoms with Crippen molar-refractivity contribution in [2.75, 3.05) is 32.0 Å². The number of anilines is 1. The van der Waals surface area contributed by atoms with E-state index in [1.807, 2.05) is 18.9 Å². The van der Waals surface area contributed by atoms with Crippen molar-refractivity contribution in [1.82, 2.24) is 4.90 Å². The minimum Gasteiger partial charge on any atom is -0.338 e. The summed E-state index contributed by atoms with van der Waals surface area (Å²) in [4.78, 5) is 27.2. The number of piperidine rings is 1.